The zero-order valence-electron chi connectivity index (χ0n) is 11.3. The SMILES string of the molecule is COCc1ccccc1C(CO)Nc1ccccc1F. The highest BCUT2D eigenvalue weighted by molar-refractivity contribution is 5.47. The lowest BCUT2D eigenvalue weighted by Gasteiger charge is -2.21. The van der Waals surface area contributed by atoms with Crippen molar-refractivity contribution in [1.29, 1.82) is 0 Å². The normalized spacial score (nSPS) is 12.2. The van der Waals surface area contributed by atoms with Crippen LogP contribution >= 0.6 is 0 Å². The van der Waals surface area contributed by atoms with Gasteiger partial charge in [0.05, 0.1) is 24.9 Å². The largest absolute Gasteiger partial charge is 0.394 e. The molecule has 0 spiro atoms. The molecule has 0 aliphatic carbocycles. The van der Waals surface area contributed by atoms with Gasteiger partial charge in [-0.2, -0.15) is 0 Å². The van der Waals surface area contributed by atoms with Crippen LogP contribution in [0.2, 0.25) is 0 Å². The van der Waals surface area contributed by atoms with Crippen LogP contribution in [0.5, 0.6) is 0 Å². The number of para-hydroxylation sites is 1. The van der Waals surface area contributed by atoms with Crippen molar-refractivity contribution in [2.75, 3.05) is 19.0 Å². The summed E-state index contributed by atoms with van der Waals surface area (Å²) < 4.78 is 18.8. The maximum Gasteiger partial charge on any atom is 0.146 e. The summed E-state index contributed by atoms with van der Waals surface area (Å²) in [6.07, 6.45) is 0. The zero-order valence-corrected chi connectivity index (χ0v) is 11.3. The van der Waals surface area contributed by atoms with E-state index in [2.05, 4.69) is 5.32 Å². The minimum absolute atomic E-state index is 0.130. The second kappa shape index (κ2) is 7.03. The summed E-state index contributed by atoms with van der Waals surface area (Å²) in [6, 6.07) is 13.7. The van der Waals surface area contributed by atoms with Gasteiger partial charge in [-0.1, -0.05) is 36.4 Å². The summed E-state index contributed by atoms with van der Waals surface area (Å²) in [5.41, 5.74) is 2.25. The predicted octanol–water partition coefficient (Wildman–Crippen LogP) is 3.12. The molecule has 0 amide bonds. The third-order valence-corrected chi connectivity index (χ3v) is 3.12. The van der Waals surface area contributed by atoms with Gasteiger partial charge in [0.1, 0.15) is 5.82 Å². The summed E-state index contributed by atoms with van der Waals surface area (Å²) in [5, 5.41) is 12.6. The molecule has 1 unspecified atom stereocenters. The molecule has 0 aliphatic rings. The molecule has 106 valence electrons. The molecule has 0 bridgehead atoms. The van der Waals surface area contributed by atoms with Crippen LogP contribution in [0.3, 0.4) is 0 Å². The highest BCUT2D eigenvalue weighted by Crippen LogP contribution is 2.24. The van der Waals surface area contributed by atoms with Crippen molar-refractivity contribution in [1.82, 2.24) is 0 Å². The number of methoxy groups -OCH3 is 1. The lowest BCUT2D eigenvalue weighted by atomic mass is 10.0. The second-order valence-corrected chi connectivity index (χ2v) is 4.49. The van der Waals surface area contributed by atoms with Crippen molar-refractivity contribution >= 4 is 5.69 Å². The number of hydrogen-bond donors (Lipinski definition) is 2. The van der Waals surface area contributed by atoms with Gasteiger partial charge >= 0.3 is 0 Å². The summed E-state index contributed by atoms with van der Waals surface area (Å²) in [5.74, 6) is -0.338. The van der Waals surface area contributed by atoms with E-state index in [1.54, 1.807) is 25.3 Å². The highest BCUT2D eigenvalue weighted by atomic mass is 19.1. The first kappa shape index (κ1) is 14.5. The second-order valence-electron chi connectivity index (χ2n) is 4.49. The van der Waals surface area contributed by atoms with E-state index in [9.17, 15) is 9.50 Å². The lowest BCUT2D eigenvalue weighted by molar-refractivity contribution is 0.183. The number of rotatable bonds is 6. The molecule has 2 N–H and O–H groups in total. The van der Waals surface area contributed by atoms with Crippen molar-refractivity contribution in [2.24, 2.45) is 0 Å². The van der Waals surface area contributed by atoms with Gasteiger partial charge in [-0.15, -0.1) is 0 Å². The van der Waals surface area contributed by atoms with Crippen LogP contribution in [-0.2, 0) is 11.3 Å². The number of benzene rings is 2. The first-order valence-corrected chi connectivity index (χ1v) is 6.45. The number of ether oxygens (including phenoxy) is 1. The Balaban J connectivity index is 2.27. The van der Waals surface area contributed by atoms with Crippen LogP contribution in [0.25, 0.3) is 0 Å². The molecular weight excluding hydrogens is 257 g/mol. The van der Waals surface area contributed by atoms with Gasteiger partial charge in [0.25, 0.3) is 0 Å². The van der Waals surface area contributed by atoms with Crippen LogP contribution in [0.15, 0.2) is 48.5 Å². The molecule has 0 radical (unpaired) electrons. The van der Waals surface area contributed by atoms with Crippen LogP contribution in [-0.4, -0.2) is 18.8 Å². The van der Waals surface area contributed by atoms with Gasteiger partial charge in [0.15, 0.2) is 0 Å². The molecular formula is C16H18FNO2. The molecule has 0 saturated carbocycles. The fourth-order valence-electron chi connectivity index (χ4n) is 2.15. The third kappa shape index (κ3) is 3.35. The van der Waals surface area contributed by atoms with Crippen molar-refractivity contribution in [3.8, 4) is 0 Å². The van der Waals surface area contributed by atoms with E-state index in [1.165, 1.54) is 6.07 Å². The average molecular weight is 275 g/mol. The molecule has 0 saturated heterocycles. The zero-order chi connectivity index (χ0) is 14.4. The Morgan fingerprint density at radius 3 is 2.55 bits per heavy atom. The number of anilines is 1. The van der Waals surface area contributed by atoms with E-state index >= 15 is 0 Å². The predicted molar refractivity (Wildman–Crippen MR) is 77.0 cm³/mol. The van der Waals surface area contributed by atoms with E-state index in [-0.39, 0.29) is 18.5 Å². The van der Waals surface area contributed by atoms with E-state index in [1.807, 2.05) is 24.3 Å². The molecule has 20 heavy (non-hydrogen) atoms. The van der Waals surface area contributed by atoms with Gasteiger partial charge in [-0.25, -0.2) is 4.39 Å². The third-order valence-electron chi connectivity index (χ3n) is 3.12. The molecule has 1 atom stereocenters. The Labute approximate surface area is 118 Å². The van der Waals surface area contributed by atoms with Gasteiger partial charge in [-0.05, 0) is 23.3 Å². The number of aliphatic hydroxyl groups excluding tert-OH is 1. The van der Waals surface area contributed by atoms with Crippen LogP contribution < -0.4 is 5.32 Å². The van der Waals surface area contributed by atoms with Crippen LogP contribution in [0, 0.1) is 5.82 Å². The molecule has 2 aromatic carbocycles. The molecule has 0 aromatic heterocycles. The van der Waals surface area contributed by atoms with Crippen LogP contribution in [0.1, 0.15) is 17.2 Å². The molecule has 0 heterocycles. The molecule has 0 fully saturated rings. The quantitative estimate of drug-likeness (QED) is 0.851. The number of hydrogen-bond acceptors (Lipinski definition) is 3. The first-order chi connectivity index (χ1) is 9.76. The van der Waals surface area contributed by atoms with E-state index < -0.39 is 0 Å². The molecule has 4 heteroatoms. The van der Waals surface area contributed by atoms with E-state index in [4.69, 9.17) is 4.74 Å². The minimum atomic E-state index is -0.377. The fourth-order valence-corrected chi connectivity index (χ4v) is 2.15. The summed E-state index contributed by atoms with van der Waals surface area (Å²) in [6.45, 7) is 0.320. The van der Waals surface area contributed by atoms with Crippen molar-refractivity contribution in [3.05, 3.63) is 65.5 Å². The maximum atomic E-state index is 13.7. The van der Waals surface area contributed by atoms with Crippen LogP contribution in [0.4, 0.5) is 10.1 Å². The number of halogens is 1. The van der Waals surface area contributed by atoms with Crippen molar-refractivity contribution in [3.63, 3.8) is 0 Å². The van der Waals surface area contributed by atoms with Gasteiger partial charge in [-0.3, -0.25) is 0 Å². The number of aliphatic hydroxyl groups is 1. The highest BCUT2D eigenvalue weighted by Gasteiger charge is 2.15. The Morgan fingerprint density at radius 2 is 1.85 bits per heavy atom. The monoisotopic (exact) mass is 275 g/mol. The number of nitrogens with one attached hydrogen (secondary N) is 1. The Hall–Kier alpha value is -1.91. The molecule has 0 aliphatic heterocycles. The minimum Gasteiger partial charge on any atom is -0.394 e. The Kier molecular flexibility index (Phi) is 5.09. The average Bonchev–Trinajstić information content (AvgIpc) is 2.48. The standard InChI is InChI=1S/C16H18FNO2/c1-20-11-12-6-2-3-7-13(12)16(10-19)18-15-9-5-4-8-14(15)17/h2-9,16,18-19H,10-11H2,1H3. The fraction of sp³-hybridized carbons (Fsp3) is 0.250. The van der Waals surface area contributed by atoms with Gasteiger partial charge < -0.3 is 15.2 Å². The van der Waals surface area contributed by atoms with E-state index in [0.717, 1.165) is 11.1 Å². The smallest absolute Gasteiger partial charge is 0.146 e. The lowest BCUT2D eigenvalue weighted by Crippen LogP contribution is -2.17. The van der Waals surface area contributed by atoms with Gasteiger partial charge in [0.2, 0.25) is 0 Å². The maximum absolute atomic E-state index is 13.7. The summed E-state index contributed by atoms with van der Waals surface area (Å²) in [7, 11) is 1.62. The molecule has 2 aromatic rings. The Morgan fingerprint density at radius 1 is 1.15 bits per heavy atom. The molecule has 3 nitrogen and oxygen atoms in total. The topological polar surface area (TPSA) is 41.5 Å². The summed E-state index contributed by atoms with van der Waals surface area (Å²) in [4.78, 5) is 0. The first-order valence-electron chi connectivity index (χ1n) is 6.45. The Bertz CT molecular complexity index is 560. The van der Waals surface area contributed by atoms with E-state index in [0.29, 0.717) is 12.3 Å². The van der Waals surface area contributed by atoms with Gasteiger partial charge in [0, 0.05) is 7.11 Å². The molecule has 2 rings (SSSR count). The summed E-state index contributed by atoms with van der Waals surface area (Å²) >= 11 is 0. The van der Waals surface area contributed by atoms with Crippen molar-refractivity contribution < 1.29 is 14.2 Å². The van der Waals surface area contributed by atoms with Crippen molar-refractivity contribution in [2.45, 2.75) is 12.6 Å².